The maximum absolute atomic E-state index is 12.4. The average Bonchev–Trinajstić information content (AvgIpc) is 2.89. The molecular weight excluding hydrogens is 250 g/mol. The molecule has 2 aromatic rings. The molecule has 2 unspecified atom stereocenters. The van der Waals surface area contributed by atoms with E-state index in [0.717, 1.165) is 16.5 Å². The second-order valence-corrected chi connectivity index (χ2v) is 5.58. The summed E-state index contributed by atoms with van der Waals surface area (Å²) in [5.74, 6) is 0.168. The minimum absolute atomic E-state index is 0.168. The first-order valence-electron chi connectivity index (χ1n) is 7.06. The number of aliphatic hydroxyl groups excluding tert-OH is 1. The predicted octanol–water partition coefficient (Wildman–Crippen LogP) is 1.98. The molecule has 0 aliphatic carbocycles. The summed E-state index contributed by atoms with van der Waals surface area (Å²) < 4.78 is 0. The fraction of sp³-hybridized carbons (Fsp3) is 0.353. The first-order chi connectivity index (χ1) is 9.65. The Balaban J connectivity index is 1.90. The molecule has 2 aromatic carbocycles. The zero-order chi connectivity index (χ0) is 14.1. The van der Waals surface area contributed by atoms with E-state index in [-0.39, 0.29) is 11.8 Å². The number of aliphatic hydroxyl groups is 1. The lowest BCUT2D eigenvalue weighted by molar-refractivity contribution is -0.120. The molecule has 0 amide bonds. The number of rotatable bonds is 3. The second kappa shape index (κ2) is 5.35. The highest BCUT2D eigenvalue weighted by molar-refractivity contribution is 5.93. The smallest absolute Gasteiger partial charge is 0.154 e. The Kier molecular flexibility index (Phi) is 3.55. The molecule has 0 bridgehead atoms. The minimum atomic E-state index is -0.391. The third kappa shape index (κ3) is 2.47. The summed E-state index contributed by atoms with van der Waals surface area (Å²) in [5.41, 5.74) is 2.26. The van der Waals surface area contributed by atoms with Crippen molar-refractivity contribution in [3.8, 4) is 0 Å². The maximum Gasteiger partial charge on any atom is 0.154 e. The van der Waals surface area contributed by atoms with Crippen LogP contribution in [0.15, 0.2) is 36.4 Å². The Labute approximate surface area is 118 Å². The van der Waals surface area contributed by atoms with E-state index in [9.17, 15) is 9.90 Å². The Hall–Kier alpha value is -1.71. The Bertz CT molecular complexity index is 650. The number of carbonyl (C=O) groups is 1. The summed E-state index contributed by atoms with van der Waals surface area (Å²) in [4.78, 5) is 12.4. The Morgan fingerprint density at radius 3 is 2.85 bits per heavy atom. The number of fused-ring (bicyclic) bond motifs is 1. The Morgan fingerprint density at radius 2 is 2.10 bits per heavy atom. The number of hydrogen-bond donors (Lipinski definition) is 2. The minimum Gasteiger partial charge on any atom is -0.392 e. The SMILES string of the molecule is Cc1ccc2ccccc2c1CC(=O)C1CC(O)CN1. The van der Waals surface area contributed by atoms with Crippen molar-refractivity contribution in [1.82, 2.24) is 5.32 Å². The zero-order valence-electron chi connectivity index (χ0n) is 11.6. The highest BCUT2D eigenvalue weighted by atomic mass is 16.3. The molecule has 2 atom stereocenters. The quantitative estimate of drug-likeness (QED) is 0.896. The molecule has 3 heteroatoms. The van der Waals surface area contributed by atoms with Crippen LogP contribution < -0.4 is 5.32 Å². The number of benzene rings is 2. The summed E-state index contributed by atoms with van der Waals surface area (Å²) in [6.45, 7) is 2.57. The number of carbonyl (C=O) groups excluding carboxylic acids is 1. The number of hydrogen-bond acceptors (Lipinski definition) is 3. The molecular formula is C17H19NO2. The molecule has 0 radical (unpaired) electrons. The lowest BCUT2D eigenvalue weighted by Gasteiger charge is -2.13. The molecule has 1 heterocycles. The highest BCUT2D eigenvalue weighted by Gasteiger charge is 2.28. The van der Waals surface area contributed by atoms with Gasteiger partial charge in [0.05, 0.1) is 12.1 Å². The van der Waals surface area contributed by atoms with Crippen molar-refractivity contribution in [2.75, 3.05) is 6.54 Å². The zero-order valence-corrected chi connectivity index (χ0v) is 11.6. The maximum atomic E-state index is 12.4. The molecule has 3 nitrogen and oxygen atoms in total. The van der Waals surface area contributed by atoms with Crippen molar-refractivity contribution in [2.45, 2.75) is 31.9 Å². The summed E-state index contributed by atoms with van der Waals surface area (Å²) in [5, 5.41) is 14.9. The van der Waals surface area contributed by atoms with Gasteiger partial charge in [0.15, 0.2) is 5.78 Å². The van der Waals surface area contributed by atoms with E-state index in [2.05, 4.69) is 29.6 Å². The van der Waals surface area contributed by atoms with Crippen LogP contribution in [-0.2, 0) is 11.2 Å². The predicted molar refractivity (Wildman–Crippen MR) is 79.8 cm³/mol. The summed E-state index contributed by atoms with van der Waals surface area (Å²) >= 11 is 0. The first-order valence-corrected chi connectivity index (χ1v) is 7.06. The van der Waals surface area contributed by atoms with E-state index >= 15 is 0 Å². The first kappa shape index (κ1) is 13.3. The van der Waals surface area contributed by atoms with Crippen LogP contribution in [-0.4, -0.2) is 29.6 Å². The lowest BCUT2D eigenvalue weighted by atomic mass is 9.93. The van der Waals surface area contributed by atoms with Gasteiger partial charge in [-0.25, -0.2) is 0 Å². The molecule has 20 heavy (non-hydrogen) atoms. The molecule has 1 aliphatic rings. The number of Topliss-reactive ketones (excluding diaryl/α,β-unsaturated/α-hetero) is 1. The van der Waals surface area contributed by atoms with Gasteiger partial charge in [0.2, 0.25) is 0 Å². The molecule has 0 saturated carbocycles. The van der Waals surface area contributed by atoms with Crippen molar-refractivity contribution >= 4 is 16.6 Å². The van der Waals surface area contributed by atoms with Crippen LogP contribution in [0.2, 0.25) is 0 Å². The monoisotopic (exact) mass is 269 g/mol. The third-order valence-corrected chi connectivity index (χ3v) is 4.12. The molecule has 2 N–H and O–H groups in total. The fourth-order valence-electron chi connectivity index (χ4n) is 2.94. The van der Waals surface area contributed by atoms with Crippen molar-refractivity contribution < 1.29 is 9.90 Å². The van der Waals surface area contributed by atoms with Crippen LogP contribution in [0.25, 0.3) is 10.8 Å². The van der Waals surface area contributed by atoms with E-state index in [0.29, 0.717) is 19.4 Å². The van der Waals surface area contributed by atoms with Gasteiger partial charge in [-0.3, -0.25) is 4.79 Å². The van der Waals surface area contributed by atoms with Gasteiger partial charge < -0.3 is 10.4 Å². The van der Waals surface area contributed by atoms with E-state index in [1.54, 1.807) is 0 Å². The summed E-state index contributed by atoms with van der Waals surface area (Å²) in [6.07, 6.45) is 0.567. The molecule has 1 aliphatic heterocycles. The highest BCUT2D eigenvalue weighted by Crippen LogP contribution is 2.23. The molecule has 3 rings (SSSR count). The lowest BCUT2D eigenvalue weighted by Crippen LogP contribution is -2.32. The van der Waals surface area contributed by atoms with Gasteiger partial charge in [-0.1, -0.05) is 36.4 Å². The van der Waals surface area contributed by atoms with Crippen LogP contribution in [0, 0.1) is 6.92 Å². The van der Waals surface area contributed by atoms with Crippen LogP contribution >= 0.6 is 0 Å². The third-order valence-electron chi connectivity index (χ3n) is 4.12. The van der Waals surface area contributed by atoms with E-state index in [1.165, 1.54) is 5.39 Å². The molecule has 1 saturated heterocycles. The van der Waals surface area contributed by atoms with Crippen LogP contribution in [0.4, 0.5) is 0 Å². The van der Waals surface area contributed by atoms with Crippen LogP contribution in [0.5, 0.6) is 0 Å². The fourth-order valence-corrected chi connectivity index (χ4v) is 2.94. The normalized spacial score (nSPS) is 22.3. The van der Waals surface area contributed by atoms with Crippen molar-refractivity contribution in [2.24, 2.45) is 0 Å². The van der Waals surface area contributed by atoms with Crippen molar-refractivity contribution in [3.05, 3.63) is 47.5 Å². The molecule has 0 aromatic heterocycles. The van der Waals surface area contributed by atoms with Gasteiger partial charge >= 0.3 is 0 Å². The van der Waals surface area contributed by atoms with E-state index in [1.807, 2.05) is 19.1 Å². The average molecular weight is 269 g/mol. The molecule has 0 spiro atoms. The topological polar surface area (TPSA) is 49.3 Å². The largest absolute Gasteiger partial charge is 0.392 e. The molecule has 1 fully saturated rings. The van der Waals surface area contributed by atoms with Gasteiger partial charge in [0, 0.05) is 13.0 Å². The van der Waals surface area contributed by atoms with Gasteiger partial charge in [0.25, 0.3) is 0 Å². The number of ketones is 1. The standard InChI is InChI=1S/C17H19NO2/c1-11-6-7-12-4-2-3-5-14(12)15(11)9-17(20)16-8-13(19)10-18-16/h2-7,13,16,18-19H,8-10H2,1H3. The second-order valence-electron chi connectivity index (χ2n) is 5.58. The number of aryl methyl sites for hydroxylation is 1. The van der Waals surface area contributed by atoms with E-state index < -0.39 is 6.10 Å². The van der Waals surface area contributed by atoms with Gasteiger partial charge in [-0.15, -0.1) is 0 Å². The van der Waals surface area contributed by atoms with Crippen LogP contribution in [0.3, 0.4) is 0 Å². The summed E-state index contributed by atoms with van der Waals surface area (Å²) in [6, 6.07) is 12.1. The number of nitrogens with one attached hydrogen (secondary N) is 1. The van der Waals surface area contributed by atoms with Gasteiger partial charge in [0.1, 0.15) is 0 Å². The van der Waals surface area contributed by atoms with Gasteiger partial charge in [-0.05, 0) is 35.2 Å². The van der Waals surface area contributed by atoms with Crippen molar-refractivity contribution in [3.63, 3.8) is 0 Å². The van der Waals surface area contributed by atoms with E-state index in [4.69, 9.17) is 0 Å². The van der Waals surface area contributed by atoms with Crippen LogP contribution in [0.1, 0.15) is 17.5 Å². The van der Waals surface area contributed by atoms with Crippen molar-refractivity contribution in [1.29, 1.82) is 0 Å². The molecule has 104 valence electrons. The summed E-state index contributed by atoms with van der Waals surface area (Å²) in [7, 11) is 0. The Morgan fingerprint density at radius 1 is 1.30 bits per heavy atom. The van der Waals surface area contributed by atoms with Gasteiger partial charge in [-0.2, -0.15) is 0 Å². The number of β-amino-alcohol motifs (C(OH)–C–C–N with tert-alkyl or cyclic N) is 1.